The molecule has 0 fully saturated rings. The summed E-state index contributed by atoms with van der Waals surface area (Å²) in [5, 5.41) is 9.57. The lowest BCUT2D eigenvalue weighted by atomic mass is 10.2. The van der Waals surface area contributed by atoms with Gasteiger partial charge in [-0.25, -0.2) is 4.79 Å². The zero-order valence-corrected chi connectivity index (χ0v) is 10.5. The number of ether oxygens (including phenoxy) is 2. The zero-order chi connectivity index (χ0) is 13.3. The van der Waals surface area contributed by atoms with Gasteiger partial charge in [-0.05, 0) is 20.3 Å². The molecule has 0 aromatic rings. The van der Waals surface area contributed by atoms with E-state index in [9.17, 15) is 9.90 Å². The van der Waals surface area contributed by atoms with Crippen molar-refractivity contribution in [1.82, 2.24) is 0 Å². The number of rotatable bonds is 7. The van der Waals surface area contributed by atoms with E-state index >= 15 is 0 Å². The molecule has 6 nitrogen and oxygen atoms in total. The van der Waals surface area contributed by atoms with Gasteiger partial charge in [-0.2, -0.15) is 0 Å². The highest BCUT2D eigenvalue weighted by Gasteiger charge is 2.22. The van der Waals surface area contributed by atoms with E-state index in [-0.39, 0.29) is 24.6 Å². The Morgan fingerprint density at radius 2 is 1.82 bits per heavy atom. The normalized spacial score (nSPS) is 13.0. The molecule has 0 aromatic heterocycles. The predicted octanol–water partition coefficient (Wildman–Crippen LogP) is 1.12. The molecule has 0 saturated heterocycles. The molecule has 0 heterocycles. The highest BCUT2D eigenvalue weighted by Crippen LogP contribution is 2.07. The van der Waals surface area contributed by atoms with Gasteiger partial charge in [-0.3, -0.25) is 4.99 Å². The van der Waals surface area contributed by atoms with Crippen molar-refractivity contribution in [3.05, 3.63) is 11.5 Å². The highest BCUT2D eigenvalue weighted by molar-refractivity contribution is 6.18. The molecule has 6 heteroatoms. The van der Waals surface area contributed by atoms with Crippen molar-refractivity contribution in [2.75, 3.05) is 19.8 Å². The topological polar surface area (TPSA) is 94.1 Å². The van der Waals surface area contributed by atoms with Gasteiger partial charge in [0.15, 0.2) is 5.57 Å². The van der Waals surface area contributed by atoms with Crippen LogP contribution in [0.1, 0.15) is 27.2 Å². The molecular weight excluding hydrogens is 224 g/mol. The Labute approximate surface area is 101 Å². The number of aliphatic imine (C=N–C) groups is 1. The number of nitrogens with zero attached hydrogens (tertiary/aromatic N) is 1. The van der Waals surface area contributed by atoms with Crippen molar-refractivity contribution in [2.24, 2.45) is 10.7 Å². The van der Waals surface area contributed by atoms with Crippen molar-refractivity contribution >= 4 is 11.8 Å². The molecule has 3 N–H and O–H groups in total. The van der Waals surface area contributed by atoms with Crippen LogP contribution in [0.3, 0.4) is 0 Å². The molecule has 0 unspecified atom stereocenters. The minimum atomic E-state index is -0.740. The molecule has 0 aromatic carbocycles. The fourth-order valence-corrected chi connectivity index (χ4v) is 1.02. The lowest BCUT2D eigenvalue weighted by Crippen LogP contribution is -2.26. The van der Waals surface area contributed by atoms with E-state index in [2.05, 4.69) is 4.99 Å². The quantitative estimate of drug-likeness (QED) is 0.230. The predicted molar refractivity (Wildman–Crippen MR) is 64.7 cm³/mol. The standard InChI is InChI=1S/C11H20N2O4/c1-4-7-13-9(12)8(10(14)16-5-2)11(15)17-6-3/h14H,4-7H2,1-3H3,(H2,12,13)/b10-8-. The second-order valence-electron chi connectivity index (χ2n) is 3.10. The van der Waals surface area contributed by atoms with Gasteiger partial charge >= 0.3 is 5.97 Å². The molecule has 0 radical (unpaired) electrons. The van der Waals surface area contributed by atoms with Crippen LogP contribution in [0, 0.1) is 0 Å². The monoisotopic (exact) mass is 244 g/mol. The van der Waals surface area contributed by atoms with Gasteiger partial charge in [-0.15, -0.1) is 0 Å². The summed E-state index contributed by atoms with van der Waals surface area (Å²) >= 11 is 0. The van der Waals surface area contributed by atoms with Crippen LogP contribution in [-0.2, 0) is 14.3 Å². The number of aliphatic hydroxyl groups is 1. The molecule has 0 bridgehead atoms. The Kier molecular flexibility index (Phi) is 7.58. The maximum Gasteiger partial charge on any atom is 0.349 e. The van der Waals surface area contributed by atoms with Crippen LogP contribution in [0.2, 0.25) is 0 Å². The van der Waals surface area contributed by atoms with Crippen LogP contribution >= 0.6 is 0 Å². The lowest BCUT2D eigenvalue weighted by molar-refractivity contribution is -0.138. The third kappa shape index (κ3) is 5.24. The van der Waals surface area contributed by atoms with E-state index in [1.807, 2.05) is 6.92 Å². The van der Waals surface area contributed by atoms with Crippen LogP contribution in [0.5, 0.6) is 0 Å². The Hall–Kier alpha value is -1.72. The molecule has 17 heavy (non-hydrogen) atoms. The third-order valence-electron chi connectivity index (χ3n) is 1.74. The number of hydrogen-bond acceptors (Lipinski definition) is 5. The van der Waals surface area contributed by atoms with Crippen molar-refractivity contribution in [3.63, 3.8) is 0 Å². The first kappa shape index (κ1) is 15.3. The van der Waals surface area contributed by atoms with Gasteiger partial charge in [0.2, 0.25) is 0 Å². The fraction of sp³-hybridized carbons (Fsp3) is 0.636. The summed E-state index contributed by atoms with van der Waals surface area (Å²) in [6, 6.07) is 0. The number of carbonyl (C=O) groups excluding carboxylic acids is 1. The lowest BCUT2D eigenvalue weighted by Gasteiger charge is -2.09. The average molecular weight is 244 g/mol. The SMILES string of the molecule is CCCN=C(N)/C(C(=O)OCC)=C(\O)OCC. The minimum Gasteiger partial charge on any atom is -0.480 e. The van der Waals surface area contributed by atoms with Crippen molar-refractivity contribution in [1.29, 1.82) is 0 Å². The zero-order valence-electron chi connectivity index (χ0n) is 10.5. The van der Waals surface area contributed by atoms with Gasteiger partial charge in [0.05, 0.1) is 13.2 Å². The van der Waals surface area contributed by atoms with Crippen LogP contribution in [0.4, 0.5) is 0 Å². The minimum absolute atomic E-state index is 0.0729. The van der Waals surface area contributed by atoms with Crippen molar-refractivity contribution in [2.45, 2.75) is 27.2 Å². The van der Waals surface area contributed by atoms with Crippen LogP contribution < -0.4 is 5.73 Å². The molecule has 0 spiro atoms. The Morgan fingerprint density at radius 1 is 1.24 bits per heavy atom. The second kappa shape index (κ2) is 8.43. The molecule has 0 atom stereocenters. The number of esters is 1. The summed E-state index contributed by atoms with van der Waals surface area (Å²) in [6.07, 6.45) is 0.784. The Balaban J connectivity index is 5.10. The fourth-order valence-electron chi connectivity index (χ4n) is 1.02. The van der Waals surface area contributed by atoms with Crippen LogP contribution in [-0.4, -0.2) is 36.7 Å². The number of amidine groups is 1. The van der Waals surface area contributed by atoms with Crippen molar-refractivity contribution in [3.8, 4) is 0 Å². The first-order valence-electron chi connectivity index (χ1n) is 5.61. The second-order valence-corrected chi connectivity index (χ2v) is 3.10. The van der Waals surface area contributed by atoms with Gasteiger partial charge in [0, 0.05) is 6.54 Å². The Morgan fingerprint density at radius 3 is 2.29 bits per heavy atom. The first-order valence-corrected chi connectivity index (χ1v) is 5.61. The highest BCUT2D eigenvalue weighted by atomic mass is 16.6. The largest absolute Gasteiger partial charge is 0.480 e. The van der Waals surface area contributed by atoms with Crippen LogP contribution in [0.15, 0.2) is 16.5 Å². The molecule has 0 aliphatic carbocycles. The number of hydrogen-bond donors (Lipinski definition) is 2. The van der Waals surface area contributed by atoms with Gasteiger partial charge in [0.25, 0.3) is 5.95 Å². The molecule has 0 amide bonds. The van der Waals surface area contributed by atoms with E-state index in [0.717, 1.165) is 6.42 Å². The van der Waals surface area contributed by atoms with E-state index in [0.29, 0.717) is 6.54 Å². The van der Waals surface area contributed by atoms with Gasteiger partial charge < -0.3 is 20.3 Å². The molecular formula is C11H20N2O4. The summed E-state index contributed by atoms with van der Waals surface area (Å²) in [5.41, 5.74) is 5.40. The van der Waals surface area contributed by atoms with E-state index in [1.54, 1.807) is 13.8 Å². The summed E-state index contributed by atoms with van der Waals surface area (Å²) < 4.78 is 9.62. The maximum atomic E-state index is 11.6. The number of carbonyl (C=O) groups is 1. The summed E-state index contributed by atoms with van der Waals surface area (Å²) in [7, 11) is 0. The molecule has 0 saturated carbocycles. The maximum absolute atomic E-state index is 11.6. The number of aliphatic hydroxyl groups excluding tert-OH is 1. The van der Waals surface area contributed by atoms with E-state index < -0.39 is 11.9 Å². The van der Waals surface area contributed by atoms with Gasteiger partial charge in [-0.1, -0.05) is 6.92 Å². The molecule has 0 aliphatic heterocycles. The van der Waals surface area contributed by atoms with Gasteiger partial charge in [0.1, 0.15) is 5.84 Å². The van der Waals surface area contributed by atoms with Crippen LogP contribution in [0.25, 0.3) is 0 Å². The smallest absolute Gasteiger partial charge is 0.349 e. The van der Waals surface area contributed by atoms with E-state index in [4.69, 9.17) is 15.2 Å². The summed E-state index contributed by atoms with van der Waals surface area (Å²) in [6.45, 7) is 6.13. The molecule has 0 aliphatic rings. The molecule has 0 rings (SSSR count). The summed E-state index contributed by atoms with van der Waals surface area (Å²) in [4.78, 5) is 15.5. The average Bonchev–Trinajstić information content (AvgIpc) is 2.27. The van der Waals surface area contributed by atoms with E-state index in [1.165, 1.54) is 0 Å². The van der Waals surface area contributed by atoms with Crippen molar-refractivity contribution < 1.29 is 19.4 Å². The summed E-state index contributed by atoms with van der Waals surface area (Å²) in [5.74, 6) is -1.37. The third-order valence-corrected chi connectivity index (χ3v) is 1.74. The first-order chi connectivity index (χ1) is 8.08. The number of nitrogens with two attached hydrogens (primary N) is 1. The molecule has 98 valence electrons. The Bertz CT molecular complexity index is 311.